The Labute approximate surface area is 150 Å². The van der Waals surface area contributed by atoms with Crippen LogP contribution in [0.3, 0.4) is 0 Å². The topological polar surface area (TPSA) is 88.4 Å². The third kappa shape index (κ3) is 3.22. The van der Waals surface area contributed by atoms with Gasteiger partial charge in [0.2, 0.25) is 5.13 Å². The Hall–Kier alpha value is -2.10. The van der Waals surface area contributed by atoms with Crippen LogP contribution in [0.5, 0.6) is 0 Å². The van der Waals surface area contributed by atoms with E-state index in [0.29, 0.717) is 16.6 Å². The molecule has 2 aliphatic rings. The van der Waals surface area contributed by atoms with E-state index in [2.05, 4.69) is 14.3 Å². The molecule has 10 heteroatoms. The van der Waals surface area contributed by atoms with E-state index in [1.807, 2.05) is 0 Å². The van der Waals surface area contributed by atoms with Crippen LogP contribution in [-0.4, -0.2) is 32.0 Å². The number of aliphatic carboxylic acids is 1. The van der Waals surface area contributed by atoms with Crippen LogP contribution < -0.4 is 4.90 Å². The molecule has 1 N–H and O–H groups in total. The third-order valence-electron chi connectivity index (χ3n) is 3.87. The number of carbonyl (C=O) groups is 1. The number of aromatic nitrogens is 3. The number of nitrogens with zero attached hydrogens (tertiary/aromatic N) is 4. The van der Waals surface area contributed by atoms with Crippen LogP contribution in [0.25, 0.3) is 0 Å². The Morgan fingerprint density at radius 3 is 2.92 bits per heavy atom. The van der Waals surface area contributed by atoms with E-state index in [-0.39, 0.29) is 29.8 Å². The normalized spacial score (nSPS) is 19.6. The molecule has 7 nitrogen and oxygen atoms in total. The number of anilines is 2. The van der Waals surface area contributed by atoms with Crippen molar-refractivity contribution in [3.8, 4) is 0 Å². The Morgan fingerprint density at radius 1 is 1.40 bits per heavy atom. The molecule has 1 fully saturated rings. The van der Waals surface area contributed by atoms with Gasteiger partial charge in [-0.2, -0.15) is 4.37 Å². The van der Waals surface area contributed by atoms with Gasteiger partial charge in [0.25, 0.3) is 0 Å². The summed E-state index contributed by atoms with van der Waals surface area (Å²) in [6.07, 6.45) is 3.47. The van der Waals surface area contributed by atoms with Crippen LogP contribution in [-0.2, 0) is 16.1 Å². The fraction of sp³-hybridized carbons (Fsp3) is 0.333. The lowest BCUT2D eigenvalue weighted by Gasteiger charge is -2.23. The van der Waals surface area contributed by atoms with Crippen molar-refractivity contribution >= 4 is 40.1 Å². The number of hydrogen-bond acceptors (Lipinski definition) is 7. The first-order valence-electron chi connectivity index (χ1n) is 7.52. The van der Waals surface area contributed by atoms with Gasteiger partial charge in [0, 0.05) is 29.2 Å². The molecule has 4 rings (SSSR count). The van der Waals surface area contributed by atoms with Gasteiger partial charge >= 0.3 is 5.97 Å². The average Bonchev–Trinajstić information content (AvgIpc) is 3.30. The fourth-order valence-corrected chi connectivity index (χ4v) is 3.29. The molecule has 1 aliphatic heterocycles. The Balaban J connectivity index is 1.85. The van der Waals surface area contributed by atoms with Crippen molar-refractivity contribution in [2.45, 2.75) is 25.4 Å². The largest absolute Gasteiger partial charge is 0.478 e. The van der Waals surface area contributed by atoms with Crippen LogP contribution >= 0.6 is 23.1 Å². The van der Waals surface area contributed by atoms with Crippen LogP contribution in [0.4, 0.5) is 15.3 Å². The van der Waals surface area contributed by atoms with Crippen LogP contribution in [0.15, 0.2) is 17.8 Å². The lowest BCUT2D eigenvalue weighted by Crippen LogP contribution is -2.21. The quantitative estimate of drug-likeness (QED) is 0.815. The molecular weight excluding hydrogens is 371 g/mol. The minimum atomic E-state index is -1.12. The maximum Gasteiger partial charge on any atom is 0.335 e. The molecule has 130 valence electrons. The van der Waals surface area contributed by atoms with Crippen molar-refractivity contribution in [2.75, 3.05) is 11.5 Å². The van der Waals surface area contributed by atoms with Crippen molar-refractivity contribution in [2.24, 2.45) is 0 Å². The summed E-state index contributed by atoms with van der Waals surface area (Å²) < 4.78 is 23.5. The maximum atomic E-state index is 13.8. The summed E-state index contributed by atoms with van der Waals surface area (Å²) in [6, 6.07) is 1.24. The first-order valence-corrected chi connectivity index (χ1v) is 8.67. The molecule has 0 radical (unpaired) electrons. The predicted octanol–water partition coefficient (Wildman–Crippen LogP) is 3.24. The minimum Gasteiger partial charge on any atom is -0.478 e. The minimum absolute atomic E-state index is 0.00578. The molecule has 0 bridgehead atoms. The van der Waals surface area contributed by atoms with Crippen molar-refractivity contribution in [3.05, 3.63) is 40.2 Å². The molecule has 0 saturated heterocycles. The highest BCUT2D eigenvalue weighted by Gasteiger charge is 2.30. The summed E-state index contributed by atoms with van der Waals surface area (Å²) in [5.74, 6) is -0.409. The van der Waals surface area contributed by atoms with Crippen molar-refractivity contribution < 1.29 is 19.0 Å². The van der Waals surface area contributed by atoms with E-state index in [1.165, 1.54) is 17.2 Å². The number of hydrogen-bond donors (Lipinski definition) is 1. The molecule has 0 spiro atoms. The van der Waals surface area contributed by atoms with E-state index in [0.717, 1.165) is 30.2 Å². The van der Waals surface area contributed by atoms with Crippen molar-refractivity contribution in [1.82, 2.24) is 14.3 Å². The SMILES string of the molecule is O=C(O)/C1=C/N(c2nc(C3CC3)ns2)c2nc(Cl)c(F)cc2COC1. The molecule has 25 heavy (non-hydrogen) atoms. The standard InChI is InChI=1S/C15H12ClFN4O3S/c16-11-10(17)3-8-5-24-6-9(14(22)23)4-21(13(8)18-11)15-19-12(20-25-15)7-1-2-7/h3-4,7H,1-2,5-6H2,(H,22,23)/b9-4+. The molecule has 0 aromatic carbocycles. The molecular formula is C15H12ClFN4O3S. The number of pyridine rings is 1. The summed E-state index contributed by atoms with van der Waals surface area (Å²) in [5, 5.41) is 9.51. The zero-order valence-electron chi connectivity index (χ0n) is 12.8. The number of halogens is 2. The first kappa shape index (κ1) is 16.4. The van der Waals surface area contributed by atoms with Crippen LogP contribution in [0, 0.1) is 5.82 Å². The van der Waals surface area contributed by atoms with E-state index in [1.54, 1.807) is 0 Å². The van der Waals surface area contributed by atoms with E-state index >= 15 is 0 Å². The molecule has 0 amide bonds. The summed E-state index contributed by atoms with van der Waals surface area (Å²) in [5.41, 5.74) is 0.474. The summed E-state index contributed by atoms with van der Waals surface area (Å²) >= 11 is 6.97. The highest BCUT2D eigenvalue weighted by Crippen LogP contribution is 2.41. The summed E-state index contributed by atoms with van der Waals surface area (Å²) in [6.45, 7) is -0.115. The second kappa shape index (κ2) is 6.32. The van der Waals surface area contributed by atoms with E-state index in [9.17, 15) is 14.3 Å². The Kier molecular flexibility index (Phi) is 4.14. The van der Waals surface area contributed by atoms with Gasteiger partial charge in [-0.15, -0.1) is 0 Å². The highest BCUT2D eigenvalue weighted by molar-refractivity contribution is 7.09. The molecule has 3 heterocycles. The average molecular weight is 383 g/mol. The molecule has 0 unspecified atom stereocenters. The molecule has 0 atom stereocenters. The Bertz CT molecular complexity index is 884. The first-order chi connectivity index (χ1) is 12.0. The zero-order chi connectivity index (χ0) is 17.6. The van der Waals surface area contributed by atoms with Crippen LogP contribution in [0.2, 0.25) is 5.15 Å². The molecule has 1 saturated carbocycles. The van der Waals surface area contributed by atoms with Gasteiger partial charge in [-0.25, -0.2) is 19.2 Å². The highest BCUT2D eigenvalue weighted by atomic mass is 35.5. The number of carboxylic acid groups (broad SMARTS) is 1. The number of ether oxygens (including phenoxy) is 1. The second-order valence-corrected chi connectivity index (χ2v) is 6.86. The molecule has 2 aromatic heterocycles. The van der Waals surface area contributed by atoms with Gasteiger partial charge < -0.3 is 9.84 Å². The van der Waals surface area contributed by atoms with E-state index < -0.39 is 11.8 Å². The second-order valence-electron chi connectivity index (χ2n) is 5.78. The van der Waals surface area contributed by atoms with Gasteiger partial charge in [-0.05, 0) is 18.9 Å². The van der Waals surface area contributed by atoms with Gasteiger partial charge in [0.15, 0.2) is 11.0 Å². The van der Waals surface area contributed by atoms with Crippen molar-refractivity contribution in [1.29, 1.82) is 0 Å². The number of rotatable bonds is 3. The molecule has 2 aromatic rings. The summed E-state index contributed by atoms with van der Waals surface area (Å²) in [7, 11) is 0. The van der Waals surface area contributed by atoms with Crippen molar-refractivity contribution in [3.63, 3.8) is 0 Å². The molecule has 1 aliphatic carbocycles. The Morgan fingerprint density at radius 2 is 2.20 bits per heavy atom. The van der Waals surface area contributed by atoms with Gasteiger partial charge in [0.05, 0.1) is 18.8 Å². The van der Waals surface area contributed by atoms with Gasteiger partial charge in [-0.1, -0.05) is 11.6 Å². The lowest BCUT2D eigenvalue weighted by molar-refractivity contribution is -0.133. The number of fused-ring (bicyclic) bond motifs is 1. The van der Waals surface area contributed by atoms with Crippen LogP contribution in [0.1, 0.15) is 30.1 Å². The lowest BCUT2D eigenvalue weighted by atomic mass is 10.2. The maximum absolute atomic E-state index is 13.8. The smallest absolute Gasteiger partial charge is 0.335 e. The van der Waals surface area contributed by atoms with Gasteiger partial charge in [-0.3, -0.25) is 4.90 Å². The predicted molar refractivity (Wildman–Crippen MR) is 88.6 cm³/mol. The van der Waals surface area contributed by atoms with Gasteiger partial charge in [0.1, 0.15) is 11.6 Å². The summed E-state index contributed by atoms with van der Waals surface area (Å²) in [4.78, 5) is 21.5. The zero-order valence-corrected chi connectivity index (χ0v) is 14.3. The monoisotopic (exact) mass is 382 g/mol. The number of carboxylic acids is 1. The van der Waals surface area contributed by atoms with E-state index in [4.69, 9.17) is 16.3 Å². The fourth-order valence-electron chi connectivity index (χ4n) is 2.43. The third-order valence-corrected chi connectivity index (χ3v) is 4.87.